The lowest BCUT2D eigenvalue weighted by Crippen LogP contribution is -2.04. The van der Waals surface area contributed by atoms with Crippen molar-refractivity contribution in [3.8, 4) is 5.75 Å². The van der Waals surface area contributed by atoms with Crippen LogP contribution in [0.2, 0.25) is 0 Å². The van der Waals surface area contributed by atoms with E-state index in [1.807, 2.05) is 43.3 Å². The molecule has 0 aliphatic rings. The van der Waals surface area contributed by atoms with Crippen molar-refractivity contribution in [2.24, 2.45) is 5.92 Å². The summed E-state index contributed by atoms with van der Waals surface area (Å²) in [6.45, 7) is 6.96. The van der Waals surface area contributed by atoms with Crippen LogP contribution in [0.15, 0.2) is 48.5 Å². The molecule has 0 saturated heterocycles. The molecule has 2 aromatic rings. The van der Waals surface area contributed by atoms with Gasteiger partial charge in [-0.05, 0) is 36.5 Å². The lowest BCUT2D eigenvalue weighted by atomic mass is 9.97. The van der Waals surface area contributed by atoms with Crippen molar-refractivity contribution in [2.45, 2.75) is 33.3 Å². The van der Waals surface area contributed by atoms with Gasteiger partial charge in [-0.25, -0.2) is 0 Å². The number of ether oxygens (including phenoxy) is 1. The molecule has 2 rings (SSSR count). The number of hydrogen-bond acceptors (Lipinski definition) is 2. The number of hydrogen-bond donors (Lipinski definition) is 1. The van der Waals surface area contributed by atoms with Gasteiger partial charge in [0, 0.05) is 5.56 Å². The summed E-state index contributed by atoms with van der Waals surface area (Å²) in [6, 6.07) is 15.9. The highest BCUT2D eigenvalue weighted by molar-refractivity contribution is 5.40. The highest BCUT2D eigenvalue weighted by Gasteiger charge is 2.15. The first-order valence-electron chi connectivity index (χ1n) is 7.60. The van der Waals surface area contributed by atoms with Gasteiger partial charge in [0.15, 0.2) is 0 Å². The number of aliphatic hydroxyl groups is 1. The first-order chi connectivity index (χ1) is 10.1. The third kappa shape index (κ3) is 4.08. The summed E-state index contributed by atoms with van der Waals surface area (Å²) >= 11 is 0. The third-order valence-corrected chi connectivity index (χ3v) is 3.45. The molecule has 0 bridgehead atoms. The lowest BCUT2D eigenvalue weighted by Gasteiger charge is -2.16. The zero-order valence-corrected chi connectivity index (χ0v) is 13.0. The van der Waals surface area contributed by atoms with Crippen molar-refractivity contribution in [2.75, 3.05) is 6.61 Å². The Balaban J connectivity index is 2.21. The summed E-state index contributed by atoms with van der Waals surface area (Å²) in [6.07, 6.45) is 0.409. The zero-order valence-electron chi connectivity index (χ0n) is 13.0. The number of para-hydroxylation sites is 1. The molecule has 0 spiro atoms. The second kappa shape index (κ2) is 7.28. The Morgan fingerprint density at radius 3 is 2.29 bits per heavy atom. The van der Waals surface area contributed by atoms with E-state index in [0.29, 0.717) is 12.5 Å². The van der Waals surface area contributed by atoms with E-state index in [0.717, 1.165) is 23.3 Å². The molecule has 1 atom stereocenters. The maximum Gasteiger partial charge on any atom is 0.125 e. The van der Waals surface area contributed by atoms with Gasteiger partial charge < -0.3 is 9.84 Å². The predicted octanol–water partition coefficient (Wildman–Crippen LogP) is 4.37. The fourth-order valence-corrected chi connectivity index (χ4v) is 2.48. The second-order valence-electron chi connectivity index (χ2n) is 5.71. The van der Waals surface area contributed by atoms with Crippen LogP contribution in [0.25, 0.3) is 0 Å². The average Bonchev–Trinajstić information content (AvgIpc) is 2.48. The van der Waals surface area contributed by atoms with Gasteiger partial charge in [-0.1, -0.05) is 56.3 Å². The summed E-state index contributed by atoms with van der Waals surface area (Å²) in [7, 11) is 0. The molecule has 0 fully saturated rings. The Labute approximate surface area is 127 Å². The van der Waals surface area contributed by atoms with E-state index < -0.39 is 6.10 Å². The van der Waals surface area contributed by atoms with E-state index >= 15 is 0 Å². The van der Waals surface area contributed by atoms with Crippen molar-refractivity contribution >= 4 is 0 Å². The number of benzene rings is 2. The van der Waals surface area contributed by atoms with E-state index in [1.165, 1.54) is 5.56 Å². The van der Waals surface area contributed by atoms with E-state index in [4.69, 9.17) is 4.74 Å². The normalized spacial score (nSPS) is 12.4. The standard InChI is InChI=1S/C19H24O2/c1-4-21-18-8-6-5-7-17(18)19(20)16-11-9-15(10-12-16)13-14(2)3/h5-12,14,19-20H,4,13H2,1-3H3. The van der Waals surface area contributed by atoms with Crippen LogP contribution >= 0.6 is 0 Å². The zero-order chi connectivity index (χ0) is 15.2. The van der Waals surface area contributed by atoms with Crippen molar-refractivity contribution in [1.29, 1.82) is 0 Å². The molecule has 2 nitrogen and oxygen atoms in total. The summed E-state index contributed by atoms with van der Waals surface area (Å²) in [5, 5.41) is 10.6. The molecule has 0 aromatic heterocycles. The molecule has 1 unspecified atom stereocenters. The number of aliphatic hydroxyl groups excluding tert-OH is 1. The van der Waals surface area contributed by atoms with Crippen LogP contribution in [0, 0.1) is 5.92 Å². The molecular weight excluding hydrogens is 260 g/mol. The fraction of sp³-hybridized carbons (Fsp3) is 0.368. The minimum atomic E-state index is -0.652. The molecule has 0 heterocycles. The van der Waals surface area contributed by atoms with Crippen LogP contribution in [0.5, 0.6) is 5.75 Å². The molecule has 0 radical (unpaired) electrons. The van der Waals surface area contributed by atoms with Crippen molar-refractivity contribution < 1.29 is 9.84 Å². The first kappa shape index (κ1) is 15.6. The summed E-state index contributed by atoms with van der Waals surface area (Å²) in [4.78, 5) is 0. The van der Waals surface area contributed by atoms with Crippen LogP contribution in [0.4, 0.5) is 0 Å². The minimum Gasteiger partial charge on any atom is -0.493 e. The van der Waals surface area contributed by atoms with E-state index in [2.05, 4.69) is 26.0 Å². The number of rotatable bonds is 6. The molecule has 0 aliphatic carbocycles. The Hall–Kier alpha value is -1.80. The van der Waals surface area contributed by atoms with Gasteiger partial charge in [0.2, 0.25) is 0 Å². The largest absolute Gasteiger partial charge is 0.493 e. The van der Waals surface area contributed by atoms with Crippen LogP contribution < -0.4 is 4.74 Å². The summed E-state index contributed by atoms with van der Waals surface area (Å²) < 4.78 is 5.60. The Morgan fingerprint density at radius 1 is 1.00 bits per heavy atom. The van der Waals surface area contributed by atoms with Gasteiger partial charge >= 0.3 is 0 Å². The smallest absolute Gasteiger partial charge is 0.125 e. The molecule has 0 amide bonds. The fourth-order valence-electron chi connectivity index (χ4n) is 2.48. The van der Waals surface area contributed by atoms with Crippen molar-refractivity contribution in [3.63, 3.8) is 0 Å². The lowest BCUT2D eigenvalue weighted by molar-refractivity contribution is 0.212. The van der Waals surface area contributed by atoms with Gasteiger partial charge in [0.25, 0.3) is 0 Å². The molecular formula is C19H24O2. The molecule has 0 aliphatic heterocycles. The molecule has 112 valence electrons. The Morgan fingerprint density at radius 2 is 1.67 bits per heavy atom. The van der Waals surface area contributed by atoms with Gasteiger partial charge in [0.1, 0.15) is 11.9 Å². The molecule has 0 saturated carbocycles. The van der Waals surface area contributed by atoms with Crippen molar-refractivity contribution in [1.82, 2.24) is 0 Å². The van der Waals surface area contributed by atoms with Crippen LogP contribution in [-0.2, 0) is 6.42 Å². The van der Waals surface area contributed by atoms with Crippen LogP contribution in [0.3, 0.4) is 0 Å². The SMILES string of the molecule is CCOc1ccccc1C(O)c1ccc(CC(C)C)cc1. The molecule has 21 heavy (non-hydrogen) atoms. The summed E-state index contributed by atoms with van der Waals surface area (Å²) in [5.74, 6) is 1.39. The van der Waals surface area contributed by atoms with Crippen molar-refractivity contribution in [3.05, 3.63) is 65.2 Å². The van der Waals surface area contributed by atoms with Gasteiger partial charge in [-0.2, -0.15) is 0 Å². The maximum absolute atomic E-state index is 10.6. The summed E-state index contributed by atoms with van der Waals surface area (Å²) in [5.41, 5.74) is 3.02. The molecule has 2 aromatic carbocycles. The van der Waals surface area contributed by atoms with Crippen LogP contribution in [-0.4, -0.2) is 11.7 Å². The Kier molecular flexibility index (Phi) is 5.40. The Bertz CT molecular complexity index is 558. The molecule has 1 N–H and O–H groups in total. The van der Waals surface area contributed by atoms with E-state index in [9.17, 15) is 5.11 Å². The quantitative estimate of drug-likeness (QED) is 0.853. The topological polar surface area (TPSA) is 29.5 Å². The second-order valence-corrected chi connectivity index (χ2v) is 5.71. The molecule has 2 heteroatoms. The third-order valence-electron chi connectivity index (χ3n) is 3.45. The van der Waals surface area contributed by atoms with Gasteiger partial charge in [-0.15, -0.1) is 0 Å². The average molecular weight is 284 g/mol. The van der Waals surface area contributed by atoms with Gasteiger partial charge in [-0.3, -0.25) is 0 Å². The van der Waals surface area contributed by atoms with Crippen LogP contribution in [0.1, 0.15) is 43.6 Å². The van der Waals surface area contributed by atoms with E-state index in [1.54, 1.807) is 0 Å². The highest BCUT2D eigenvalue weighted by Crippen LogP contribution is 2.30. The first-order valence-corrected chi connectivity index (χ1v) is 7.60. The predicted molar refractivity (Wildman–Crippen MR) is 86.7 cm³/mol. The van der Waals surface area contributed by atoms with Gasteiger partial charge in [0.05, 0.1) is 6.61 Å². The highest BCUT2D eigenvalue weighted by atomic mass is 16.5. The maximum atomic E-state index is 10.6. The monoisotopic (exact) mass is 284 g/mol. The minimum absolute atomic E-state index is 0.594. The van der Waals surface area contributed by atoms with E-state index in [-0.39, 0.29) is 0 Å².